The van der Waals surface area contributed by atoms with Crippen molar-refractivity contribution >= 4 is 43.2 Å². The highest BCUT2D eigenvalue weighted by molar-refractivity contribution is 9.09. The highest BCUT2D eigenvalue weighted by atomic mass is 79.9. The van der Waals surface area contributed by atoms with Gasteiger partial charge < -0.3 is 27.6 Å². The van der Waals surface area contributed by atoms with E-state index in [1.165, 1.54) is 5.69 Å². The van der Waals surface area contributed by atoms with Gasteiger partial charge in [-0.05, 0) is 6.07 Å². The van der Waals surface area contributed by atoms with Crippen molar-refractivity contribution in [1.29, 1.82) is 0 Å². The molecule has 0 atom stereocenters. The van der Waals surface area contributed by atoms with Crippen LogP contribution in [0.2, 0.25) is 0 Å². The molecule has 0 unspecified atom stereocenters. The van der Waals surface area contributed by atoms with E-state index in [1.54, 1.807) is 0 Å². The third-order valence-electron chi connectivity index (χ3n) is 2.04. The SMILES string of the molecule is [Br-].[NH3+]c1ccccc1N(CCBr)CCBr. The van der Waals surface area contributed by atoms with Gasteiger partial charge in [-0.2, -0.15) is 0 Å². The molecule has 15 heavy (non-hydrogen) atoms. The summed E-state index contributed by atoms with van der Waals surface area (Å²) in [7, 11) is 0. The fourth-order valence-corrected chi connectivity index (χ4v) is 2.23. The molecule has 2 nitrogen and oxygen atoms in total. The minimum Gasteiger partial charge on any atom is -1.00 e. The normalized spacial score (nSPS) is 9.53. The molecule has 86 valence electrons. The van der Waals surface area contributed by atoms with Crippen LogP contribution in [-0.2, 0) is 0 Å². The van der Waals surface area contributed by atoms with Crippen molar-refractivity contribution in [2.45, 2.75) is 0 Å². The van der Waals surface area contributed by atoms with Gasteiger partial charge in [0.05, 0.1) is 5.69 Å². The van der Waals surface area contributed by atoms with E-state index < -0.39 is 0 Å². The molecule has 0 saturated heterocycles. The van der Waals surface area contributed by atoms with E-state index in [-0.39, 0.29) is 17.0 Å². The van der Waals surface area contributed by atoms with Gasteiger partial charge in [0.2, 0.25) is 0 Å². The molecule has 1 rings (SSSR count). The molecule has 5 heteroatoms. The Bertz CT molecular complexity index is 275. The Labute approximate surface area is 118 Å². The smallest absolute Gasteiger partial charge is 0.151 e. The minimum atomic E-state index is 0. The summed E-state index contributed by atoms with van der Waals surface area (Å²) in [6, 6.07) is 8.24. The van der Waals surface area contributed by atoms with Gasteiger partial charge in [-0.15, -0.1) is 0 Å². The Morgan fingerprint density at radius 2 is 1.60 bits per heavy atom. The molecule has 1 aromatic rings. The quantitative estimate of drug-likeness (QED) is 0.640. The Morgan fingerprint density at radius 3 is 2.07 bits per heavy atom. The highest BCUT2D eigenvalue weighted by Crippen LogP contribution is 2.20. The van der Waals surface area contributed by atoms with E-state index in [0.717, 1.165) is 29.4 Å². The van der Waals surface area contributed by atoms with Crippen LogP contribution in [0.5, 0.6) is 0 Å². The largest absolute Gasteiger partial charge is 1.00 e. The standard InChI is InChI=1S/C10H14Br2N2.BrH/c11-5-7-14(8-6-12)10-4-2-1-3-9(10)13;/h1-4H,5-8,13H2;1H. The Hall–Kier alpha value is 0.420. The third-order valence-corrected chi connectivity index (χ3v) is 2.75. The topological polar surface area (TPSA) is 30.9 Å². The lowest BCUT2D eigenvalue weighted by Gasteiger charge is -2.22. The van der Waals surface area contributed by atoms with Crippen LogP contribution in [0.3, 0.4) is 0 Å². The van der Waals surface area contributed by atoms with Gasteiger partial charge in [-0.3, -0.25) is 0 Å². The van der Waals surface area contributed by atoms with Gasteiger partial charge >= 0.3 is 0 Å². The number of benzene rings is 1. The lowest BCUT2D eigenvalue weighted by atomic mass is 10.2. The molecule has 0 radical (unpaired) electrons. The first-order valence-corrected chi connectivity index (χ1v) is 6.81. The lowest BCUT2D eigenvalue weighted by Crippen LogP contribution is -3.00. The molecule has 0 fully saturated rings. The maximum absolute atomic E-state index is 4.03. The van der Waals surface area contributed by atoms with Gasteiger partial charge in [0.25, 0.3) is 0 Å². The number of quaternary nitrogens is 1. The number of rotatable bonds is 5. The third kappa shape index (κ3) is 4.85. The van der Waals surface area contributed by atoms with Crippen LogP contribution in [0.15, 0.2) is 24.3 Å². The number of nitrogens with zero attached hydrogens (tertiary/aromatic N) is 1. The Morgan fingerprint density at radius 1 is 1.07 bits per heavy atom. The fraction of sp³-hybridized carbons (Fsp3) is 0.400. The predicted molar refractivity (Wildman–Crippen MR) is 68.8 cm³/mol. The predicted octanol–water partition coefficient (Wildman–Crippen LogP) is -0.840. The summed E-state index contributed by atoms with van der Waals surface area (Å²) in [5.41, 5.74) is 6.35. The van der Waals surface area contributed by atoms with Gasteiger partial charge in [0, 0.05) is 29.8 Å². The number of halogens is 3. The van der Waals surface area contributed by atoms with Crippen LogP contribution in [0.25, 0.3) is 0 Å². The summed E-state index contributed by atoms with van der Waals surface area (Å²) in [5, 5.41) is 1.96. The van der Waals surface area contributed by atoms with Crippen molar-refractivity contribution in [3.05, 3.63) is 24.3 Å². The van der Waals surface area contributed by atoms with Crippen molar-refractivity contribution in [1.82, 2.24) is 0 Å². The minimum absolute atomic E-state index is 0. The first-order valence-electron chi connectivity index (χ1n) is 4.57. The molecule has 0 bridgehead atoms. The highest BCUT2D eigenvalue weighted by Gasteiger charge is 2.09. The molecule has 3 N–H and O–H groups in total. The van der Waals surface area contributed by atoms with Crippen LogP contribution in [-0.4, -0.2) is 23.7 Å². The van der Waals surface area contributed by atoms with E-state index >= 15 is 0 Å². The lowest BCUT2D eigenvalue weighted by molar-refractivity contribution is -0.253. The summed E-state index contributed by atoms with van der Waals surface area (Å²) in [6.07, 6.45) is 0. The molecule has 1 aromatic carbocycles. The molecule has 0 saturated carbocycles. The summed E-state index contributed by atoms with van der Waals surface area (Å²) < 4.78 is 0. The van der Waals surface area contributed by atoms with Crippen LogP contribution in [0, 0.1) is 0 Å². The second kappa shape index (κ2) is 8.56. The van der Waals surface area contributed by atoms with Crippen molar-refractivity contribution in [3.8, 4) is 0 Å². The van der Waals surface area contributed by atoms with Gasteiger partial charge in [-0.25, -0.2) is 0 Å². The number of alkyl halides is 2. The fourth-order valence-electron chi connectivity index (χ4n) is 1.38. The zero-order chi connectivity index (χ0) is 10.4. The summed E-state index contributed by atoms with van der Waals surface area (Å²) in [4.78, 5) is 2.33. The second-order valence-corrected chi connectivity index (χ2v) is 4.58. The average Bonchev–Trinajstić information content (AvgIpc) is 2.18. The summed E-state index contributed by atoms with van der Waals surface area (Å²) in [5.74, 6) is 0. The van der Waals surface area contributed by atoms with Gasteiger partial charge in [-0.1, -0.05) is 44.0 Å². The van der Waals surface area contributed by atoms with Crippen LogP contribution >= 0.6 is 31.9 Å². The molecule has 0 aliphatic carbocycles. The molecule has 0 aliphatic heterocycles. The first-order chi connectivity index (χ1) is 6.79. The van der Waals surface area contributed by atoms with E-state index in [2.05, 4.69) is 54.6 Å². The molecule has 0 aromatic heterocycles. The van der Waals surface area contributed by atoms with Crippen molar-refractivity contribution in [2.75, 3.05) is 28.6 Å². The summed E-state index contributed by atoms with van der Waals surface area (Å²) in [6.45, 7) is 2.02. The molecular formula is C10H15Br3N2. The van der Waals surface area contributed by atoms with E-state index in [9.17, 15) is 0 Å². The van der Waals surface area contributed by atoms with Crippen LogP contribution < -0.4 is 27.6 Å². The molecule has 0 aliphatic rings. The van der Waals surface area contributed by atoms with Crippen LogP contribution in [0.1, 0.15) is 0 Å². The van der Waals surface area contributed by atoms with Gasteiger partial charge in [0.15, 0.2) is 5.69 Å². The zero-order valence-corrected chi connectivity index (χ0v) is 13.2. The Kier molecular flexibility index (Phi) is 8.80. The maximum atomic E-state index is 4.03. The second-order valence-electron chi connectivity index (χ2n) is 2.99. The molecule has 0 amide bonds. The number of hydrogen-bond donors (Lipinski definition) is 1. The number of hydrogen-bond acceptors (Lipinski definition) is 1. The van der Waals surface area contributed by atoms with Crippen LogP contribution in [0.4, 0.5) is 11.4 Å². The maximum Gasteiger partial charge on any atom is 0.151 e. The van der Waals surface area contributed by atoms with Crippen molar-refractivity contribution in [3.63, 3.8) is 0 Å². The van der Waals surface area contributed by atoms with Crippen molar-refractivity contribution < 1.29 is 22.7 Å². The molecule has 0 spiro atoms. The average molecular weight is 403 g/mol. The monoisotopic (exact) mass is 400 g/mol. The van der Waals surface area contributed by atoms with E-state index in [4.69, 9.17) is 0 Å². The summed E-state index contributed by atoms with van der Waals surface area (Å²) >= 11 is 6.93. The van der Waals surface area contributed by atoms with E-state index in [0.29, 0.717) is 0 Å². The molecular weight excluding hydrogens is 388 g/mol. The van der Waals surface area contributed by atoms with Gasteiger partial charge in [0.1, 0.15) is 0 Å². The number of anilines is 1. The number of para-hydroxylation sites is 1. The molecule has 0 heterocycles. The van der Waals surface area contributed by atoms with E-state index in [1.807, 2.05) is 12.1 Å². The first kappa shape index (κ1) is 15.4. The van der Waals surface area contributed by atoms with Crippen molar-refractivity contribution in [2.24, 2.45) is 0 Å². The zero-order valence-electron chi connectivity index (χ0n) is 8.43. The Balaban J connectivity index is 0.00000196.